The van der Waals surface area contributed by atoms with Gasteiger partial charge >= 0.3 is 0 Å². The maximum Gasteiger partial charge on any atom is 0.254 e. The first kappa shape index (κ1) is 20.6. The SMILES string of the molecule is CCn1c(-c2nc3cc(C(=O)N4CCC[C@@H](N)C4)cc(OC)c3n2C)cc2ccccc21. The third kappa shape index (κ3) is 3.24. The van der Waals surface area contributed by atoms with Crippen molar-refractivity contribution in [3.8, 4) is 17.3 Å². The molecule has 0 spiro atoms. The van der Waals surface area contributed by atoms with Gasteiger partial charge in [-0.25, -0.2) is 4.98 Å². The minimum absolute atomic E-state index is 0.0183. The summed E-state index contributed by atoms with van der Waals surface area (Å²) < 4.78 is 10.0. The van der Waals surface area contributed by atoms with Crippen molar-refractivity contribution in [1.29, 1.82) is 0 Å². The number of likely N-dealkylation sites (tertiary alicyclic amines) is 1. The number of aryl methyl sites for hydroxylation is 2. The molecule has 7 heteroatoms. The van der Waals surface area contributed by atoms with E-state index in [0.29, 0.717) is 17.9 Å². The third-order valence-electron chi connectivity index (χ3n) is 6.50. The molecule has 0 saturated carbocycles. The van der Waals surface area contributed by atoms with Crippen molar-refractivity contribution in [2.75, 3.05) is 20.2 Å². The Hall–Kier alpha value is -3.32. The van der Waals surface area contributed by atoms with E-state index in [1.165, 1.54) is 10.9 Å². The number of ether oxygens (including phenoxy) is 1. The fourth-order valence-corrected chi connectivity index (χ4v) is 4.93. The van der Waals surface area contributed by atoms with E-state index >= 15 is 0 Å². The number of hydrogen-bond donors (Lipinski definition) is 1. The molecule has 0 bridgehead atoms. The van der Waals surface area contributed by atoms with Crippen LogP contribution in [-0.4, -0.2) is 51.2 Å². The van der Waals surface area contributed by atoms with Crippen LogP contribution in [0.2, 0.25) is 0 Å². The van der Waals surface area contributed by atoms with E-state index in [1.807, 2.05) is 24.1 Å². The summed E-state index contributed by atoms with van der Waals surface area (Å²) in [5, 5.41) is 1.18. The van der Waals surface area contributed by atoms with Crippen molar-refractivity contribution in [3.63, 3.8) is 0 Å². The Morgan fingerprint density at radius 2 is 2.06 bits per heavy atom. The molecule has 166 valence electrons. The van der Waals surface area contributed by atoms with Gasteiger partial charge in [-0.1, -0.05) is 18.2 Å². The molecule has 0 aliphatic carbocycles. The summed E-state index contributed by atoms with van der Waals surface area (Å²) >= 11 is 0. The van der Waals surface area contributed by atoms with Crippen molar-refractivity contribution >= 4 is 27.8 Å². The zero-order valence-corrected chi connectivity index (χ0v) is 18.8. The second kappa shape index (κ2) is 7.98. The Morgan fingerprint density at radius 3 is 2.81 bits per heavy atom. The lowest BCUT2D eigenvalue weighted by Gasteiger charge is -2.30. The van der Waals surface area contributed by atoms with Crippen LogP contribution in [0.4, 0.5) is 0 Å². The van der Waals surface area contributed by atoms with Crippen LogP contribution in [-0.2, 0) is 13.6 Å². The lowest BCUT2D eigenvalue weighted by atomic mass is 10.0. The van der Waals surface area contributed by atoms with Crippen LogP contribution in [0, 0.1) is 0 Å². The summed E-state index contributed by atoms with van der Waals surface area (Å²) in [6, 6.07) is 14.3. The number of benzene rings is 2. The normalized spacial score (nSPS) is 16.8. The van der Waals surface area contributed by atoms with Crippen molar-refractivity contribution in [2.24, 2.45) is 12.8 Å². The second-order valence-electron chi connectivity index (χ2n) is 8.53. The lowest BCUT2D eigenvalue weighted by molar-refractivity contribution is 0.0708. The number of aromatic nitrogens is 3. The molecule has 1 atom stereocenters. The van der Waals surface area contributed by atoms with Crippen molar-refractivity contribution in [3.05, 3.63) is 48.0 Å². The molecule has 0 unspecified atom stereocenters. The van der Waals surface area contributed by atoms with Crippen LogP contribution in [0.1, 0.15) is 30.1 Å². The first-order valence-electron chi connectivity index (χ1n) is 11.2. The molecule has 1 aliphatic rings. The van der Waals surface area contributed by atoms with Gasteiger partial charge < -0.3 is 24.5 Å². The van der Waals surface area contributed by atoms with E-state index in [9.17, 15) is 4.79 Å². The monoisotopic (exact) mass is 431 g/mol. The predicted octanol–water partition coefficient (Wildman–Crippen LogP) is 3.79. The molecule has 7 nitrogen and oxygen atoms in total. The van der Waals surface area contributed by atoms with Crippen LogP contribution >= 0.6 is 0 Å². The zero-order valence-electron chi connectivity index (χ0n) is 18.8. The smallest absolute Gasteiger partial charge is 0.254 e. The van der Waals surface area contributed by atoms with Crippen LogP contribution in [0.5, 0.6) is 5.75 Å². The van der Waals surface area contributed by atoms with Gasteiger partial charge in [0.15, 0.2) is 5.82 Å². The molecule has 4 aromatic rings. The van der Waals surface area contributed by atoms with E-state index in [2.05, 4.69) is 46.4 Å². The molecule has 2 aromatic heterocycles. The fraction of sp³-hybridized carbons (Fsp3) is 0.360. The minimum atomic E-state index is -0.0183. The first-order chi connectivity index (χ1) is 15.5. The highest BCUT2D eigenvalue weighted by atomic mass is 16.5. The number of amides is 1. The van der Waals surface area contributed by atoms with Gasteiger partial charge in [-0.2, -0.15) is 0 Å². The van der Waals surface area contributed by atoms with Gasteiger partial charge in [0.05, 0.1) is 18.3 Å². The molecule has 1 aliphatic heterocycles. The summed E-state index contributed by atoms with van der Waals surface area (Å²) in [5.74, 6) is 1.48. The predicted molar refractivity (Wildman–Crippen MR) is 127 cm³/mol. The molecule has 1 saturated heterocycles. The Bertz CT molecular complexity index is 1320. The van der Waals surface area contributed by atoms with Gasteiger partial charge in [-0.15, -0.1) is 0 Å². The van der Waals surface area contributed by atoms with Crippen molar-refractivity contribution in [1.82, 2.24) is 19.0 Å². The number of nitrogens with two attached hydrogens (primary N) is 1. The molecule has 1 fully saturated rings. The zero-order chi connectivity index (χ0) is 22.4. The molecular formula is C25H29N5O2. The Kier molecular flexibility index (Phi) is 5.13. The molecule has 0 radical (unpaired) electrons. The maximum absolute atomic E-state index is 13.2. The number of rotatable bonds is 4. The molecule has 32 heavy (non-hydrogen) atoms. The second-order valence-corrected chi connectivity index (χ2v) is 8.53. The van der Waals surface area contributed by atoms with Gasteiger partial charge in [-0.3, -0.25) is 4.79 Å². The molecule has 5 rings (SSSR count). The van der Waals surface area contributed by atoms with Crippen molar-refractivity contribution < 1.29 is 9.53 Å². The molecule has 1 amide bonds. The number of imidazole rings is 1. The molecule has 2 N–H and O–H groups in total. The largest absolute Gasteiger partial charge is 0.494 e. The highest BCUT2D eigenvalue weighted by Gasteiger charge is 2.25. The van der Waals surface area contributed by atoms with Crippen LogP contribution < -0.4 is 10.5 Å². The average Bonchev–Trinajstić information content (AvgIpc) is 3.35. The first-order valence-corrected chi connectivity index (χ1v) is 11.2. The third-order valence-corrected chi connectivity index (χ3v) is 6.50. The quantitative estimate of drug-likeness (QED) is 0.533. The number of carbonyl (C=O) groups excluding carboxylic acids is 1. The number of piperidine rings is 1. The molecule has 3 heterocycles. The van der Waals surface area contributed by atoms with Gasteiger partial charge in [0, 0.05) is 49.2 Å². The van der Waals surface area contributed by atoms with Gasteiger partial charge in [-0.05, 0) is 44.0 Å². The number of para-hydroxylation sites is 1. The standard InChI is InChI=1S/C25H29N5O2/c1-4-30-20-10-6-5-8-16(20)13-21(30)24-27-19-12-17(14-22(32-3)23(19)28(24)2)25(31)29-11-7-9-18(26)15-29/h5-6,8,10,12-14,18H,4,7,9,11,15,26H2,1-3H3/t18-/m1/s1. The van der Waals surface area contributed by atoms with Gasteiger partial charge in [0.1, 0.15) is 11.3 Å². The van der Waals surface area contributed by atoms with Gasteiger partial charge in [0.2, 0.25) is 0 Å². The van der Waals surface area contributed by atoms with Crippen LogP contribution in [0.15, 0.2) is 42.5 Å². The average molecular weight is 432 g/mol. The van der Waals surface area contributed by atoms with E-state index < -0.39 is 0 Å². The Labute approximate surface area is 187 Å². The van der Waals surface area contributed by atoms with Gasteiger partial charge in [0.25, 0.3) is 5.91 Å². The topological polar surface area (TPSA) is 78.3 Å². The Balaban J connectivity index is 1.64. The van der Waals surface area contributed by atoms with E-state index in [4.69, 9.17) is 15.5 Å². The number of carbonyl (C=O) groups is 1. The van der Waals surface area contributed by atoms with E-state index in [0.717, 1.165) is 48.5 Å². The highest BCUT2D eigenvalue weighted by molar-refractivity contribution is 6.00. The minimum Gasteiger partial charge on any atom is -0.494 e. The lowest BCUT2D eigenvalue weighted by Crippen LogP contribution is -2.45. The summed E-state index contributed by atoms with van der Waals surface area (Å²) in [7, 11) is 3.63. The maximum atomic E-state index is 13.2. The number of hydrogen-bond acceptors (Lipinski definition) is 4. The van der Waals surface area contributed by atoms with Crippen molar-refractivity contribution in [2.45, 2.75) is 32.4 Å². The Morgan fingerprint density at radius 1 is 1.25 bits per heavy atom. The van der Waals surface area contributed by atoms with Crippen LogP contribution in [0.3, 0.4) is 0 Å². The summed E-state index contributed by atoms with van der Waals surface area (Å²) in [4.78, 5) is 20.0. The molecular weight excluding hydrogens is 402 g/mol. The number of fused-ring (bicyclic) bond motifs is 2. The fourth-order valence-electron chi connectivity index (χ4n) is 4.93. The number of nitrogens with zero attached hydrogens (tertiary/aromatic N) is 4. The summed E-state index contributed by atoms with van der Waals surface area (Å²) in [6.45, 7) is 4.29. The number of methoxy groups -OCH3 is 1. The van der Waals surface area contributed by atoms with Crippen LogP contribution in [0.25, 0.3) is 33.5 Å². The molecule has 2 aromatic carbocycles. The summed E-state index contributed by atoms with van der Waals surface area (Å²) in [5.41, 5.74) is 10.5. The summed E-state index contributed by atoms with van der Waals surface area (Å²) in [6.07, 6.45) is 1.89. The van der Waals surface area contributed by atoms with E-state index in [1.54, 1.807) is 7.11 Å². The highest BCUT2D eigenvalue weighted by Crippen LogP contribution is 2.34. The van der Waals surface area contributed by atoms with E-state index in [-0.39, 0.29) is 11.9 Å².